The average Bonchev–Trinajstić information content (AvgIpc) is 3.79. The van der Waals surface area contributed by atoms with Crippen LogP contribution in [0, 0.1) is 0 Å². The van der Waals surface area contributed by atoms with E-state index in [0.717, 1.165) is 77.8 Å². The summed E-state index contributed by atoms with van der Waals surface area (Å²) in [4.78, 5) is 10.9. The Morgan fingerprint density at radius 2 is 0.432 bits per heavy atom. The minimum Gasteiger partial charge on any atom is -0.309 e. The van der Waals surface area contributed by atoms with Gasteiger partial charge in [-0.25, -0.2) is 9.97 Å². The van der Waals surface area contributed by atoms with Crippen LogP contribution in [-0.2, 0) is 0 Å². The molecule has 0 aliphatic heterocycles. The highest BCUT2D eigenvalue weighted by Gasteiger charge is 2.23. The van der Waals surface area contributed by atoms with E-state index in [0.29, 0.717) is 5.95 Å². The SMILES string of the molecule is c1ccc(-c2ccc3c(c2)c2cc(-c4ccccc4)ccc2n3-c2ccc3c(c2)c2cc(-n4c5ccc(-c6ccccc6)cc5c5cc(-c6ccccc6)ccc54)ccc2n3-c2nc(-c3ccccc3)cc(-c3ccccc3)n2)cc1. The van der Waals surface area contributed by atoms with Crippen molar-refractivity contribution in [3.63, 3.8) is 0 Å². The van der Waals surface area contributed by atoms with Crippen molar-refractivity contribution in [2.24, 2.45) is 0 Å². The maximum absolute atomic E-state index is 5.45. The summed E-state index contributed by atoms with van der Waals surface area (Å²) in [6.45, 7) is 0. The number of hydrogen-bond acceptors (Lipinski definition) is 2. The molecular formula is C76H49N5. The molecule has 0 saturated heterocycles. The van der Waals surface area contributed by atoms with Crippen LogP contribution in [0.15, 0.2) is 297 Å². The molecule has 378 valence electrons. The van der Waals surface area contributed by atoms with Crippen LogP contribution in [0.25, 0.3) is 150 Å². The fraction of sp³-hybridized carbons (Fsp3) is 0. The van der Waals surface area contributed by atoms with Gasteiger partial charge in [-0.1, -0.05) is 206 Å². The topological polar surface area (TPSA) is 40.6 Å². The van der Waals surface area contributed by atoms with E-state index in [2.05, 4.69) is 311 Å². The molecule has 0 spiro atoms. The molecule has 81 heavy (non-hydrogen) atoms. The highest BCUT2D eigenvalue weighted by molar-refractivity contribution is 6.15. The number of benzene rings is 12. The summed E-state index contributed by atoms with van der Waals surface area (Å²) in [5.41, 5.74) is 22.0. The Balaban J connectivity index is 0.966. The lowest BCUT2D eigenvalue weighted by atomic mass is 10.0. The van der Waals surface area contributed by atoms with E-state index in [1.807, 2.05) is 0 Å². The van der Waals surface area contributed by atoms with E-state index >= 15 is 0 Å². The molecule has 12 aromatic carbocycles. The first-order valence-electron chi connectivity index (χ1n) is 27.6. The van der Waals surface area contributed by atoms with Crippen molar-refractivity contribution in [3.05, 3.63) is 297 Å². The van der Waals surface area contributed by atoms with Crippen LogP contribution in [0.1, 0.15) is 0 Å². The molecule has 0 saturated carbocycles. The predicted octanol–water partition coefficient (Wildman–Crippen LogP) is 19.8. The van der Waals surface area contributed by atoms with E-state index in [4.69, 9.17) is 9.97 Å². The fourth-order valence-corrected chi connectivity index (χ4v) is 12.4. The first-order chi connectivity index (χ1) is 40.1. The van der Waals surface area contributed by atoms with E-state index in [1.54, 1.807) is 0 Å². The zero-order chi connectivity index (χ0) is 53.4. The molecular weight excluding hydrogens is 983 g/mol. The van der Waals surface area contributed by atoms with Gasteiger partial charge < -0.3 is 9.13 Å². The van der Waals surface area contributed by atoms with E-state index < -0.39 is 0 Å². The molecule has 16 rings (SSSR count). The third-order valence-electron chi connectivity index (χ3n) is 16.3. The lowest BCUT2D eigenvalue weighted by Gasteiger charge is -2.13. The van der Waals surface area contributed by atoms with Gasteiger partial charge in [0.25, 0.3) is 0 Å². The van der Waals surface area contributed by atoms with Crippen LogP contribution in [-0.4, -0.2) is 23.7 Å². The zero-order valence-electron chi connectivity index (χ0n) is 44.0. The Labute approximate surface area is 468 Å². The van der Waals surface area contributed by atoms with Gasteiger partial charge in [-0.3, -0.25) is 4.57 Å². The summed E-state index contributed by atoms with van der Waals surface area (Å²) in [7, 11) is 0. The summed E-state index contributed by atoms with van der Waals surface area (Å²) in [5.74, 6) is 0.605. The van der Waals surface area contributed by atoms with Crippen LogP contribution >= 0.6 is 0 Å². The molecule has 0 aliphatic carbocycles. The van der Waals surface area contributed by atoms with Gasteiger partial charge in [-0.05, 0) is 136 Å². The molecule has 5 heteroatoms. The summed E-state index contributed by atoms with van der Waals surface area (Å²) in [6.07, 6.45) is 0. The molecule has 5 nitrogen and oxygen atoms in total. The van der Waals surface area contributed by atoms with Crippen LogP contribution in [0.4, 0.5) is 0 Å². The van der Waals surface area contributed by atoms with Gasteiger partial charge >= 0.3 is 0 Å². The van der Waals surface area contributed by atoms with Crippen molar-refractivity contribution in [1.82, 2.24) is 23.7 Å². The Morgan fingerprint density at radius 1 is 0.185 bits per heavy atom. The second kappa shape index (κ2) is 18.9. The Morgan fingerprint density at radius 3 is 0.728 bits per heavy atom. The largest absolute Gasteiger partial charge is 0.309 e. The Hall–Kier alpha value is -10.9. The Kier molecular flexibility index (Phi) is 10.8. The highest BCUT2D eigenvalue weighted by Crippen LogP contribution is 2.43. The summed E-state index contributed by atoms with van der Waals surface area (Å²) < 4.78 is 7.16. The fourth-order valence-electron chi connectivity index (χ4n) is 12.4. The average molecular weight is 1030 g/mol. The molecule has 0 fully saturated rings. The quantitative estimate of drug-likeness (QED) is 0.145. The van der Waals surface area contributed by atoms with Crippen molar-refractivity contribution < 1.29 is 0 Å². The molecule has 0 amide bonds. The molecule has 0 radical (unpaired) electrons. The van der Waals surface area contributed by atoms with Crippen LogP contribution in [0.2, 0.25) is 0 Å². The van der Waals surface area contributed by atoms with Crippen molar-refractivity contribution in [3.8, 4) is 84.3 Å². The van der Waals surface area contributed by atoms with Gasteiger partial charge in [0.05, 0.1) is 44.5 Å². The van der Waals surface area contributed by atoms with Crippen molar-refractivity contribution in [2.45, 2.75) is 0 Å². The number of rotatable bonds is 9. The van der Waals surface area contributed by atoms with E-state index in [-0.39, 0.29) is 0 Å². The third kappa shape index (κ3) is 7.85. The first kappa shape index (κ1) is 46.2. The van der Waals surface area contributed by atoms with E-state index in [1.165, 1.54) is 66.1 Å². The molecule has 0 aliphatic rings. The standard InChI is InChI=1S/C76H49N5/c1-7-19-50(20-8-1)56-31-37-70-62(43-56)63-44-57(51-21-9-2-10-22-51)32-38-71(63)79(70)60-35-41-74-66(47-60)67-48-61(36-42-75(67)81(74)76-77-68(54-27-15-5-16-28-54)49-69(78-76)55-29-17-6-18-30-55)80-72-39-33-58(52-23-11-3-12-24-52)45-64(72)65-46-59(34-40-73(65)80)53-25-13-4-14-26-53/h1-49H. The zero-order valence-corrected chi connectivity index (χ0v) is 44.0. The number of hydrogen-bond donors (Lipinski definition) is 0. The molecule has 16 aromatic rings. The van der Waals surface area contributed by atoms with Crippen molar-refractivity contribution in [2.75, 3.05) is 0 Å². The minimum atomic E-state index is 0.605. The van der Waals surface area contributed by atoms with Gasteiger partial charge in [0, 0.05) is 54.8 Å². The number of fused-ring (bicyclic) bond motifs is 9. The van der Waals surface area contributed by atoms with Crippen molar-refractivity contribution in [1.29, 1.82) is 0 Å². The normalized spacial score (nSPS) is 11.7. The summed E-state index contributed by atoms with van der Waals surface area (Å²) in [5, 5.41) is 6.98. The second-order valence-corrected chi connectivity index (χ2v) is 21.0. The maximum Gasteiger partial charge on any atom is 0.235 e. The lowest BCUT2D eigenvalue weighted by molar-refractivity contribution is 0.995. The molecule has 0 bridgehead atoms. The highest BCUT2D eigenvalue weighted by atomic mass is 15.2. The molecule has 0 unspecified atom stereocenters. The third-order valence-corrected chi connectivity index (χ3v) is 16.3. The van der Waals surface area contributed by atoms with Gasteiger partial charge in [0.1, 0.15) is 0 Å². The molecule has 4 aromatic heterocycles. The number of nitrogens with zero attached hydrogens (tertiary/aromatic N) is 5. The second-order valence-electron chi connectivity index (χ2n) is 21.0. The summed E-state index contributed by atoms with van der Waals surface area (Å²) in [6, 6.07) is 107. The van der Waals surface area contributed by atoms with E-state index in [9.17, 15) is 0 Å². The Bertz CT molecular complexity index is 4550. The smallest absolute Gasteiger partial charge is 0.235 e. The molecule has 0 atom stereocenters. The first-order valence-corrected chi connectivity index (χ1v) is 27.6. The van der Waals surface area contributed by atoms with Crippen LogP contribution in [0.5, 0.6) is 0 Å². The number of aromatic nitrogens is 5. The van der Waals surface area contributed by atoms with Gasteiger partial charge in [-0.2, -0.15) is 0 Å². The predicted molar refractivity (Wildman–Crippen MR) is 338 cm³/mol. The van der Waals surface area contributed by atoms with Crippen LogP contribution < -0.4 is 0 Å². The van der Waals surface area contributed by atoms with Gasteiger partial charge in [0.15, 0.2) is 0 Å². The maximum atomic E-state index is 5.45. The van der Waals surface area contributed by atoms with Crippen LogP contribution in [0.3, 0.4) is 0 Å². The van der Waals surface area contributed by atoms with Gasteiger partial charge in [-0.15, -0.1) is 0 Å². The molecule has 4 heterocycles. The lowest BCUT2D eigenvalue weighted by Crippen LogP contribution is -2.04. The molecule has 0 N–H and O–H groups in total. The monoisotopic (exact) mass is 1030 g/mol. The van der Waals surface area contributed by atoms with Gasteiger partial charge in [0.2, 0.25) is 5.95 Å². The van der Waals surface area contributed by atoms with Crippen molar-refractivity contribution >= 4 is 65.4 Å². The summed E-state index contributed by atoms with van der Waals surface area (Å²) >= 11 is 0. The minimum absolute atomic E-state index is 0.605.